The highest BCUT2D eigenvalue weighted by Gasteiger charge is 2.53. The van der Waals surface area contributed by atoms with Crippen molar-refractivity contribution in [2.75, 3.05) is 13.2 Å². The van der Waals surface area contributed by atoms with Crippen LogP contribution in [0, 0.1) is 11.3 Å². The third-order valence-corrected chi connectivity index (χ3v) is 4.95. The third kappa shape index (κ3) is 2.70. The average molecular weight is 294 g/mol. The number of amides is 1. The van der Waals surface area contributed by atoms with Crippen molar-refractivity contribution < 1.29 is 14.3 Å². The first kappa shape index (κ1) is 13.5. The van der Waals surface area contributed by atoms with Crippen molar-refractivity contribution in [3.05, 3.63) is 16.1 Å². The molecule has 0 spiro atoms. The van der Waals surface area contributed by atoms with E-state index in [1.807, 2.05) is 0 Å². The van der Waals surface area contributed by atoms with E-state index in [0.717, 1.165) is 23.8 Å². The van der Waals surface area contributed by atoms with E-state index >= 15 is 0 Å². The van der Waals surface area contributed by atoms with Crippen molar-refractivity contribution in [2.45, 2.75) is 32.6 Å². The second-order valence-electron chi connectivity index (χ2n) is 5.58. The van der Waals surface area contributed by atoms with Crippen LogP contribution < -0.4 is 5.32 Å². The van der Waals surface area contributed by atoms with E-state index in [0.29, 0.717) is 17.7 Å². The predicted molar refractivity (Wildman–Crippen MR) is 74.8 cm³/mol. The third-order valence-electron chi connectivity index (χ3n) is 4.12. The van der Waals surface area contributed by atoms with Gasteiger partial charge < -0.3 is 10.1 Å². The fourth-order valence-electron chi connectivity index (χ4n) is 2.60. The minimum absolute atomic E-state index is 0.191. The van der Waals surface area contributed by atoms with Crippen molar-refractivity contribution in [3.63, 3.8) is 0 Å². The van der Waals surface area contributed by atoms with Gasteiger partial charge in [-0.15, -0.1) is 11.3 Å². The number of hydrogen-bond donors (Lipinski definition) is 1. The first-order chi connectivity index (χ1) is 9.64. The molecule has 1 aromatic rings. The van der Waals surface area contributed by atoms with Crippen LogP contribution in [0.15, 0.2) is 5.38 Å². The molecular formula is C14H18N2O3S. The maximum Gasteiger partial charge on any atom is 0.367 e. The van der Waals surface area contributed by atoms with Crippen LogP contribution in [-0.4, -0.2) is 30.0 Å². The van der Waals surface area contributed by atoms with Crippen molar-refractivity contribution in [2.24, 2.45) is 11.3 Å². The van der Waals surface area contributed by atoms with E-state index in [-0.39, 0.29) is 10.9 Å². The summed E-state index contributed by atoms with van der Waals surface area (Å²) in [7, 11) is 0. The summed E-state index contributed by atoms with van der Waals surface area (Å²) in [6.07, 6.45) is 5.06. The van der Waals surface area contributed by atoms with Gasteiger partial charge in [-0.1, -0.05) is 0 Å². The molecule has 1 aromatic heterocycles. The summed E-state index contributed by atoms with van der Waals surface area (Å²) >= 11 is 1.15. The van der Waals surface area contributed by atoms with E-state index in [9.17, 15) is 9.59 Å². The molecular weight excluding hydrogens is 276 g/mol. The number of carbonyl (C=O) groups is 2. The minimum atomic E-state index is -0.465. The molecule has 0 atom stereocenters. The fourth-order valence-corrected chi connectivity index (χ4v) is 3.29. The zero-order valence-electron chi connectivity index (χ0n) is 11.5. The number of nitrogens with one attached hydrogen (secondary N) is 1. The van der Waals surface area contributed by atoms with Gasteiger partial charge in [-0.05, 0) is 43.9 Å². The lowest BCUT2D eigenvalue weighted by Crippen LogP contribution is -2.31. The summed E-state index contributed by atoms with van der Waals surface area (Å²) in [6.45, 7) is 2.79. The molecule has 1 N–H and O–H groups in total. The first-order valence-corrected chi connectivity index (χ1v) is 7.93. The number of aromatic nitrogens is 1. The highest BCUT2D eigenvalue weighted by molar-refractivity contribution is 7.11. The highest BCUT2D eigenvalue weighted by atomic mass is 32.1. The van der Waals surface area contributed by atoms with Crippen LogP contribution in [0.1, 0.15) is 52.9 Å². The molecule has 0 saturated heterocycles. The minimum Gasteiger partial charge on any atom is -0.461 e. The van der Waals surface area contributed by atoms with Crippen LogP contribution in [0.25, 0.3) is 0 Å². The van der Waals surface area contributed by atoms with Gasteiger partial charge in [-0.2, -0.15) is 0 Å². The van der Waals surface area contributed by atoms with E-state index < -0.39 is 5.97 Å². The van der Waals surface area contributed by atoms with Crippen LogP contribution in [-0.2, 0) is 4.74 Å². The van der Waals surface area contributed by atoms with Gasteiger partial charge in [-0.3, -0.25) is 4.79 Å². The number of carbonyl (C=O) groups excluding carboxylic acids is 2. The smallest absolute Gasteiger partial charge is 0.367 e. The van der Waals surface area contributed by atoms with Crippen molar-refractivity contribution >= 4 is 23.2 Å². The number of thiazole rings is 1. The monoisotopic (exact) mass is 294 g/mol. The number of hydrogen-bond acceptors (Lipinski definition) is 5. The topological polar surface area (TPSA) is 68.3 Å². The molecule has 0 radical (unpaired) electrons. The molecule has 2 saturated carbocycles. The molecule has 0 bridgehead atoms. The first-order valence-electron chi connectivity index (χ1n) is 7.05. The normalized spacial score (nSPS) is 19.4. The molecule has 20 heavy (non-hydrogen) atoms. The van der Waals surface area contributed by atoms with E-state index in [1.54, 1.807) is 12.3 Å². The van der Waals surface area contributed by atoms with Gasteiger partial charge in [0.2, 0.25) is 5.01 Å². The number of esters is 1. The molecule has 1 amide bonds. The summed E-state index contributed by atoms with van der Waals surface area (Å²) in [5, 5.41) is 4.81. The van der Waals surface area contributed by atoms with Crippen LogP contribution >= 0.6 is 11.3 Å². The second-order valence-corrected chi connectivity index (χ2v) is 6.44. The van der Waals surface area contributed by atoms with Crippen LogP contribution in [0.2, 0.25) is 0 Å². The van der Waals surface area contributed by atoms with Crippen LogP contribution in [0.3, 0.4) is 0 Å². The average Bonchev–Trinajstić information content (AvgIpc) is 3.34. The molecule has 1 heterocycles. The van der Waals surface area contributed by atoms with Gasteiger partial charge in [0, 0.05) is 11.9 Å². The van der Waals surface area contributed by atoms with Crippen LogP contribution in [0.5, 0.6) is 0 Å². The maximum absolute atomic E-state index is 12.0. The molecule has 3 rings (SSSR count). The number of rotatable bonds is 6. The molecule has 2 fully saturated rings. The zero-order valence-corrected chi connectivity index (χ0v) is 12.3. The SMILES string of the molecule is CCOC(=O)c1nc(C(=O)NCC2(C3CC3)CC2)cs1. The molecule has 108 valence electrons. The lowest BCUT2D eigenvalue weighted by Gasteiger charge is -2.14. The Balaban J connectivity index is 1.56. The fraction of sp³-hybridized carbons (Fsp3) is 0.643. The van der Waals surface area contributed by atoms with Gasteiger partial charge in [0.15, 0.2) is 0 Å². The lowest BCUT2D eigenvalue weighted by atomic mass is 10.0. The summed E-state index contributed by atoms with van der Waals surface area (Å²) in [5.41, 5.74) is 0.681. The summed E-state index contributed by atoms with van der Waals surface area (Å²) < 4.78 is 4.86. The van der Waals surface area contributed by atoms with Gasteiger partial charge >= 0.3 is 5.97 Å². The Labute approximate surface area is 121 Å². The molecule has 0 aliphatic heterocycles. The Kier molecular flexibility index (Phi) is 3.50. The predicted octanol–water partition coefficient (Wildman–Crippen LogP) is 2.24. The Morgan fingerprint density at radius 3 is 2.85 bits per heavy atom. The van der Waals surface area contributed by atoms with E-state index in [1.165, 1.54) is 25.7 Å². The quantitative estimate of drug-likeness (QED) is 0.817. The summed E-state index contributed by atoms with van der Waals surface area (Å²) in [6, 6.07) is 0. The molecule has 0 aromatic carbocycles. The number of ether oxygens (including phenoxy) is 1. The maximum atomic E-state index is 12.0. The van der Waals surface area contributed by atoms with Crippen molar-refractivity contribution in [3.8, 4) is 0 Å². The van der Waals surface area contributed by atoms with E-state index in [4.69, 9.17) is 4.74 Å². The summed E-state index contributed by atoms with van der Waals surface area (Å²) in [4.78, 5) is 27.6. The van der Waals surface area contributed by atoms with Gasteiger partial charge in [-0.25, -0.2) is 9.78 Å². The molecule has 0 unspecified atom stereocenters. The van der Waals surface area contributed by atoms with Gasteiger partial charge in [0.25, 0.3) is 5.91 Å². The second kappa shape index (κ2) is 5.16. The molecule has 2 aliphatic carbocycles. The Morgan fingerprint density at radius 1 is 1.50 bits per heavy atom. The van der Waals surface area contributed by atoms with Crippen LogP contribution in [0.4, 0.5) is 0 Å². The largest absolute Gasteiger partial charge is 0.461 e. The standard InChI is InChI=1S/C14H18N2O3S/c1-2-19-13(18)12-16-10(7-20-12)11(17)15-8-14(5-6-14)9-3-4-9/h7,9H,2-6,8H2,1H3,(H,15,17). The summed E-state index contributed by atoms with van der Waals surface area (Å²) in [5.74, 6) is 0.158. The molecule has 2 aliphatic rings. The Bertz CT molecular complexity index is 532. The molecule has 6 heteroatoms. The number of nitrogens with zero attached hydrogens (tertiary/aromatic N) is 1. The van der Waals surface area contributed by atoms with Crippen molar-refractivity contribution in [1.82, 2.24) is 10.3 Å². The lowest BCUT2D eigenvalue weighted by molar-refractivity contribution is 0.0526. The zero-order chi connectivity index (χ0) is 14.2. The Morgan fingerprint density at radius 2 is 2.25 bits per heavy atom. The van der Waals surface area contributed by atoms with E-state index in [2.05, 4.69) is 10.3 Å². The Hall–Kier alpha value is -1.43. The highest BCUT2D eigenvalue weighted by Crippen LogP contribution is 2.60. The van der Waals surface area contributed by atoms with Gasteiger partial charge in [0.05, 0.1) is 6.61 Å². The van der Waals surface area contributed by atoms with Crippen molar-refractivity contribution in [1.29, 1.82) is 0 Å². The molecule has 5 nitrogen and oxygen atoms in total. The van der Waals surface area contributed by atoms with Gasteiger partial charge in [0.1, 0.15) is 5.69 Å².